The van der Waals surface area contributed by atoms with Gasteiger partial charge in [-0.3, -0.25) is 9.52 Å². The highest BCUT2D eigenvalue weighted by atomic mass is 35.5. The molecule has 25 heavy (non-hydrogen) atoms. The van der Waals surface area contributed by atoms with Gasteiger partial charge in [0.2, 0.25) is 5.91 Å². The van der Waals surface area contributed by atoms with Crippen LogP contribution >= 0.6 is 11.6 Å². The zero-order valence-corrected chi connectivity index (χ0v) is 16.0. The van der Waals surface area contributed by atoms with Crippen LogP contribution in [0.15, 0.2) is 41.3 Å². The zero-order chi connectivity index (χ0) is 18.6. The van der Waals surface area contributed by atoms with Gasteiger partial charge in [-0.15, -0.1) is 0 Å². The number of carbonyl (C=O) groups excluding carboxylic acids is 1. The predicted molar refractivity (Wildman–Crippen MR) is 102 cm³/mol. The van der Waals surface area contributed by atoms with Crippen LogP contribution in [0, 0.1) is 0 Å². The van der Waals surface area contributed by atoms with Gasteiger partial charge in [-0.05, 0) is 54.3 Å². The molecule has 2 rings (SSSR count). The fourth-order valence-electron chi connectivity index (χ4n) is 2.55. The summed E-state index contributed by atoms with van der Waals surface area (Å²) in [5.41, 5.74) is 2.75. The number of hydrogen-bond donors (Lipinski definition) is 2. The predicted octanol–water partition coefficient (Wildman–Crippen LogP) is 4.22. The van der Waals surface area contributed by atoms with E-state index >= 15 is 0 Å². The molecule has 0 heterocycles. The number of aryl methyl sites for hydroxylation is 1. The van der Waals surface area contributed by atoms with Crippen LogP contribution in [0.1, 0.15) is 31.9 Å². The van der Waals surface area contributed by atoms with Gasteiger partial charge >= 0.3 is 0 Å². The van der Waals surface area contributed by atoms with Gasteiger partial charge < -0.3 is 5.32 Å². The van der Waals surface area contributed by atoms with E-state index in [0.29, 0.717) is 29.2 Å². The summed E-state index contributed by atoms with van der Waals surface area (Å²) < 4.78 is 28.2. The van der Waals surface area contributed by atoms with Crippen LogP contribution in [0.25, 0.3) is 0 Å². The highest BCUT2D eigenvalue weighted by molar-refractivity contribution is 7.92. The molecule has 2 N–H and O–H groups in total. The van der Waals surface area contributed by atoms with Crippen molar-refractivity contribution < 1.29 is 13.2 Å². The molecule has 0 aliphatic heterocycles. The third kappa shape index (κ3) is 4.52. The maximum absolute atomic E-state index is 12.7. The standard InChI is InChI=1S/C18H21ClN2O3S/c1-4-13-6-11-17(19)16(5-2)18(13)21-25(23,24)15-9-7-14(8-10-15)20-12(3)22/h6-11,21H,4-5H2,1-3H3,(H,20,22). The first kappa shape index (κ1) is 19.3. The van der Waals surface area contributed by atoms with Gasteiger partial charge in [0, 0.05) is 17.6 Å². The number of amides is 1. The normalized spacial score (nSPS) is 11.2. The van der Waals surface area contributed by atoms with Crippen LogP contribution < -0.4 is 10.0 Å². The Kier molecular flexibility index (Phi) is 6.08. The lowest BCUT2D eigenvalue weighted by Crippen LogP contribution is -2.16. The SMILES string of the molecule is CCc1ccc(Cl)c(CC)c1NS(=O)(=O)c1ccc(NC(C)=O)cc1. The molecule has 0 saturated heterocycles. The van der Waals surface area contributed by atoms with E-state index in [1.54, 1.807) is 18.2 Å². The minimum Gasteiger partial charge on any atom is -0.326 e. The molecule has 0 aliphatic carbocycles. The Morgan fingerprint density at radius 1 is 1.04 bits per heavy atom. The van der Waals surface area contributed by atoms with Gasteiger partial charge in [0.05, 0.1) is 10.6 Å². The number of rotatable bonds is 6. The summed E-state index contributed by atoms with van der Waals surface area (Å²) in [5.74, 6) is -0.215. The molecule has 0 atom stereocenters. The molecule has 0 radical (unpaired) electrons. The van der Waals surface area contributed by atoms with Crippen molar-refractivity contribution in [1.29, 1.82) is 0 Å². The van der Waals surface area contributed by atoms with Crippen molar-refractivity contribution >= 4 is 38.9 Å². The van der Waals surface area contributed by atoms with E-state index in [-0.39, 0.29) is 10.8 Å². The minimum atomic E-state index is -3.76. The number of halogens is 1. The average Bonchev–Trinajstić information content (AvgIpc) is 2.55. The Morgan fingerprint density at radius 3 is 2.20 bits per heavy atom. The second-order valence-electron chi connectivity index (χ2n) is 5.58. The lowest BCUT2D eigenvalue weighted by Gasteiger charge is -2.17. The molecule has 0 aromatic heterocycles. The molecule has 0 spiro atoms. The monoisotopic (exact) mass is 380 g/mol. The summed E-state index contributed by atoms with van der Waals surface area (Å²) in [6.45, 7) is 5.29. The lowest BCUT2D eigenvalue weighted by atomic mass is 10.0. The Bertz CT molecular complexity index is 878. The number of hydrogen-bond acceptors (Lipinski definition) is 3. The number of carbonyl (C=O) groups is 1. The van der Waals surface area contributed by atoms with Crippen molar-refractivity contribution in [3.63, 3.8) is 0 Å². The summed E-state index contributed by atoms with van der Waals surface area (Å²) >= 11 is 6.23. The van der Waals surface area contributed by atoms with Crippen molar-refractivity contribution in [2.75, 3.05) is 10.0 Å². The van der Waals surface area contributed by atoms with E-state index in [1.165, 1.54) is 19.1 Å². The summed E-state index contributed by atoms with van der Waals surface area (Å²) in [6.07, 6.45) is 1.30. The highest BCUT2D eigenvalue weighted by Gasteiger charge is 2.19. The molecule has 0 unspecified atom stereocenters. The molecule has 2 aromatic carbocycles. The molecule has 7 heteroatoms. The van der Waals surface area contributed by atoms with E-state index in [4.69, 9.17) is 11.6 Å². The first-order valence-corrected chi connectivity index (χ1v) is 9.85. The Morgan fingerprint density at radius 2 is 1.68 bits per heavy atom. The van der Waals surface area contributed by atoms with Crippen LogP contribution in [-0.4, -0.2) is 14.3 Å². The van der Waals surface area contributed by atoms with Crippen molar-refractivity contribution in [3.05, 3.63) is 52.5 Å². The molecule has 1 amide bonds. The van der Waals surface area contributed by atoms with E-state index < -0.39 is 10.0 Å². The molecule has 2 aromatic rings. The second kappa shape index (κ2) is 7.89. The minimum absolute atomic E-state index is 0.116. The maximum Gasteiger partial charge on any atom is 0.261 e. The summed E-state index contributed by atoms with van der Waals surface area (Å²) in [6, 6.07) is 9.63. The number of sulfonamides is 1. The zero-order valence-electron chi connectivity index (χ0n) is 14.4. The number of anilines is 2. The molecule has 0 saturated carbocycles. The van der Waals surface area contributed by atoms with Gasteiger partial charge in [0.1, 0.15) is 0 Å². The number of benzene rings is 2. The second-order valence-corrected chi connectivity index (χ2v) is 7.67. The third-order valence-corrected chi connectivity index (χ3v) is 5.52. The third-order valence-electron chi connectivity index (χ3n) is 3.80. The van der Waals surface area contributed by atoms with Crippen molar-refractivity contribution in [2.45, 2.75) is 38.5 Å². The molecular formula is C18H21ClN2O3S. The molecule has 5 nitrogen and oxygen atoms in total. The lowest BCUT2D eigenvalue weighted by molar-refractivity contribution is -0.114. The Labute approximate surface area is 153 Å². The van der Waals surface area contributed by atoms with Crippen molar-refractivity contribution in [2.24, 2.45) is 0 Å². The van der Waals surface area contributed by atoms with Gasteiger partial charge in [0.15, 0.2) is 0 Å². The summed E-state index contributed by atoms with van der Waals surface area (Å²) in [4.78, 5) is 11.2. The summed E-state index contributed by atoms with van der Waals surface area (Å²) in [5, 5.41) is 3.15. The first-order valence-electron chi connectivity index (χ1n) is 7.99. The highest BCUT2D eigenvalue weighted by Crippen LogP contribution is 2.31. The van der Waals surface area contributed by atoms with Crippen molar-refractivity contribution in [1.82, 2.24) is 0 Å². The fourth-order valence-corrected chi connectivity index (χ4v) is 3.98. The first-order chi connectivity index (χ1) is 11.8. The van der Waals surface area contributed by atoms with Crippen molar-refractivity contribution in [3.8, 4) is 0 Å². The smallest absolute Gasteiger partial charge is 0.261 e. The topological polar surface area (TPSA) is 75.3 Å². The fraction of sp³-hybridized carbons (Fsp3) is 0.278. The molecular weight excluding hydrogens is 360 g/mol. The molecule has 0 aliphatic rings. The largest absolute Gasteiger partial charge is 0.326 e. The van der Waals surface area contributed by atoms with Crippen LogP contribution in [0.4, 0.5) is 11.4 Å². The van der Waals surface area contributed by atoms with Gasteiger partial charge in [-0.2, -0.15) is 0 Å². The van der Waals surface area contributed by atoms with Crippen LogP contribution in [0.3, 0.4) is 0 Å². The van der Waals surface area contributed by atoms with Crippen LogP contribution in [-0.2, 0) is 27.7 Å². The summed E-state index contributed by atoms with van der Waals surface area (Å²) in [7, 11) is -3.76. The number of nitrogens with one attached hydrogen (secondary N) is 2. The van der Waals surface area contributed by atoms with Gasteiger partial charge in [-0.1, -0.05) is 31.5 Å². The Balaban J connectivity index is 2.39. The molecule has 0 bridgehead atoms. The molecule has 0 fully saturated rings. The van der Waals surface area contributed by atoms with Gasteiger partial charge in [0.25, 0.3) is 10.0 Å². The quantitative estimate of drug-likeness (QED) is 0.787. The average molecular weight is 381 g/mol. The maximum atomic E-state index is 12.7. The van der Waals surface area contributed by atoms with E-state index in [1.807, 2.05) is 19.9 Å². The van der Waals surface area contributed by atoms with Crippen LogP contribution in [0.5, 0.6) is 0 Å². The Hall–Kier alpha value is -2.05. The van der Waals surface area contributed by atoms with Crippen LogP contribution in [0.2, 0.25) is 5.02 Å². The van der Waals surface area contributed by atoms with E-state index in [2.05, 4.69) is 10.0 Å². The van der Waals surface area contributed by atoms with E-state index in [9.17, 15) is 13.2 Å². The molecule has 134 valence electrons. The van der Waals surface area contributed by atoms with E-state index in [0.717, 1.165) is 11.1 Å². The van der Waals surface area contributed by atoms with Gasteiger partial charge in [-0.25, -0.2) is 8.42 Å².